The number of carbonyl (C=O) groups excluding carboxylic acids is 1. The SMILES string of the molecule is O=C(/C=C\c1ccccc1)c1ccccn1. The molecule has 0 fully saturated rings. The number of ketones is 1. The minimum atomic E-state index is -0.0792. The zero-order valence-electron chi connectivity index (χ0n) is 8.71. The van der Waals surface area contributed by atoms with Crippen LogP contribution in [-0.4, -0.2) is 10.8 Å². The van der Waals surface area contributed by atoms with Crippen molar-refractivity contribution in [2.24, 2.45) is 0 Å². The third kappa shape index (κ3) is 2.64. The molecule has 2 heteroatoms. The van der Waals surface area contributed by atoms with E-state index < -0.39 is 0 Å². The van der Waals surface area contributed by atoms with E-state index in [0.29, 0.717) is 5.69 Å². The van der Waals surface area contributed by atoms with Crippen LogP contribution in [0.1, 0.15) is 16.1 Å². The van der Waals surface area contributed by atoms with Crippen LogP contribution in [0, 0.1) is 0 Å². The average Bonchev–Trinajstić information content (AvgIpc) is 2.38. The van der Waals surface area contributed by atoms with Gasteiger partial charge < -0.3 is 0 Å². The monoisotopic (exact) mass is 209 g/mol. The average molecular weight is 209 g/mol. The minimum Gasteiger partial charge on any atom is -0.288 e. The van der Waals surface area contributed by atoms with E-state index in [1.165, 1.54) is 6.08 Å². The van der Waals surface area contributed by atoms with E-state index in [1.54, 1.807) is 30.5 Å². The molecule has 2 aromatic rings. The predicted molar refractivity (Wildman–Crippen MR) is 64.0 cm³/mol. The highest BCUT2D eigenvalue weighted by molar-refractivity contribution is 6.05. The molecule has 1 aromatic carbocycles. The molecule has 0 unspecified atom stereocenters. The van der Waals surface area contributed by atoms with Crippen LogP contribution in [0.25, 0.3) is 6.08 Å². The van der Waals surface area contributed by atoms with Crippen molar-refractivity contribution in [2.45, 2.75) is 0 Å². The first kappa shape index (κ1) is 10.3. The molecule has 16 heavy (non-hydrogen) atoms. The number of hydrogen-bond acceptors (Lipinski definition) is 2. The third-order valence-electron chi connectivity index (χ3n) is 2.14. The predicted octanol–water partition coefficient (Wildman–Crippen LogP) is 2.98. The summed E-state index contributed by atoms with van der Waals surface area (Å²) in [6.45, 7) is 0. The minimum absolute atomic E-state index is 0.0792. The lowest BCUT2D eigenvalue weighted by atomic mass is 10.1. The lowest BCUT2D eigenvalue weighted by Crippen LogP contribution is -1.96. The molecule has 0 aliphatic carbocycles. The number of pyridine rings is 1. The summed E-state index contributed by atoms with van der Waals surface area (Å²) < 4.78 is 0. The summed E-state index contributed by atoms with van der Waals surface area (Å²) in [5, 5.41) is 0. The van der Waals surface area contributed by atoms with Crippen molar-refractivity contribution >= 4 is 11.9 Å². The lowest BCUT2D eigenvalue weighted by Gasteiger charge is -1.93. The number of rotatable bonds is 3. The first-order chi connectivity index (χ1) is 7.86. The van der Waals surface area contributed by atoms with Crippen LogP contribution in [0.15, 0.2) is 60.8 Å². The highest BCUT2D eigenvalue weighted by atomic mass is 16.1. The maximum atomic E-state index is 11.7. The first-order valence-corrected chi connectivity index (χ1v) is 5.05. The van der Waals surface area contributed by atoms with E-state index >= 15 is 0 Å². The molecule has 0 amide bonds. The second kappa shape index (κ2) is 5.03. The quantitative estimate of drug-likeness (QED) is 0.574. The van der Waals surface area contributed by atoms with Crippen molar-refractivity contribution in [1.29, 1.82) is 0 Å². The fourth-order valence-corrected chi connectivity index (χ4v) is 1.33. The van der Waals surface area contributed by atoms with E-state index in [9.17, 15) is 4.79 Å². The number of carbonyl (C=O) groups is 1. The topological polar surface area (TPSA) is 30.0 Å². The maximum absolute atomic E-state index is 11.7. The maximum Gasteiger partial charge on any atom is 0.204 e. The van der Waals surface area contributed by atoms with E-state index in [0.717, 1.165) is 5.56 Å². The van der Waals surface area contributed by atoms with Crippen molar-refractivity contribution < 1.29 is 4.79 Å². The van der Waals surface area contributed by atoms with Crippen LogP contribution >= 0.6 is 0 Å². The Labute approximate surface area is 94.3 Å². The van der Waals surface area contributed by atoms with Crippen LogP contribution < -0.4 is 0 Å². The van der Waals surface area contributed by atoms with Crippen LogP contribution in [0.4, 0.5) is 0 Å². The Hall–Kier alpha value is -2.22. The normalized spacial score (nSPS) is 10.5. The number of hydrogen-bond donors (Lipinski definition) is 0. The summed E-state index contributed by atoms with van der Waals surface area (Å²) in [5.41, 5.74) is 1.47. The molecular weight excluding hydrogens is 198 g/mol. The molecule has 0 N–H and O–H groups in total. The van der Waals surface area contributed by atoms with Crippen LogP contribution in [-0.2, 0) is 0 Å². The Morgan fingerprint density at radius 1 is 1.00 bits per heavy atom. The lowest BCUT2D eigenvalue weighted by molar-refractivity contribution is 0.104. The molecule has 0 bridgehead atoms. The fraction of sp³-hybridized carbons (Fsp3) is 0. The van der Waals surface area contributed by atoms with Crippen molar-refractivity contribution in [2.75, 3.05) is 0 Å². The molecular formula is C14H11NO. The van der Waals surface area contributed by atoms with E-state index in [4.69, 9.17) is 0 Å². The number of nitrogens with zero attached hydrogens (tertiary/aromatic N) is 1. The Morgan fingerprint density at radius 2 is 1.75 bits per heavy atom. The van der Waals surface area contributed by atoms with Crippen LogP contribution in [0.3, 0.4) is 0 Å². The molecule has 0 radical (unpaired) electrons. The van der Waals surface area contributed by atoms with Gasteiger partial charge in [-0.05, 0) is 23.8 Å². The van der Waals surface area contributed by atoms with Gasteiger partial charge in [-0.2, -0.15) is 0 Å². The highest BCUT2D eigenvalue weighted by Crippen LogP contribution is 2.03. The van der Waals surface area contributed by atoms with Gasteiger partial charge in [0.25, 0.3) is 0 Å². The van der Waals surface area contributed by atoms with Gasteiger partial charge in [0, 0.05) is 6.20 Å². The molecule has 0 spiro atoms. The van der Waals surface area contributed by atoms with Gasteiger partial charge in [-0.1, -0.05) is 42.5 Å². The largest absolute Gasteiger partial charge is 0.288 e. The Balaban J connectivity index is 2.12. The zero-order chi connectivity index (χ0) is 11.2. The van der Waals surface area contributed by atoms with Crippen molar-refractivity contribution in [3.8, 4) is 0 Å². The van der Waals surface area contributed by atoms with Gasteiger partial charge in [0.05, 0.1) is 0 Å². The fourth-order valence-electron chi connectivity index (χ4n) is 1.33. The summed E-state index contributed by atoms with van der Waals surface area (Å²) in [6, 6.07) is 15.0. The van der Waals surface area contributed by atoms with Gasteiger partial charge in [-0.15, -0.1) is 0 Å². The summed E-state index contributed by atoms with van der Waals surface area (Å²) in [6.07, 6.45) is 4.94. The highest BCUT2D eigenvalue weighted by Gasteiger charge is 2.00. The standard InChI is InChI=1S/C14H11NO/c16-14(13-8-4-5-11-15-13)10-9-12-6-2-1-3-7-12/h1-11H/b10-9-. The van der Waals surface area contributed by atoms with Gasteiger partial charge >= 0.3 is 0 Å². The van der Waals surface area contributed by atoms with Gasteiger partial charge in [0.15, 0.2) is 0 Å². The summed E-state index contributed by atoms with van der Waals surface area (Å²) in [7, 11) is 0. The number of aromatic nitrogens is 1. The molecule has 0 atom stereocenters. The van der Waals surface area contributed by atoms with E-state index in [1.807, 2.05) is 30.3 Å². The van der Waals surface area contributed by atoms with Crippen molar-refractivity contribution in [1.82, 2.24) is 4.98 Å². The molecule has 0 aliphatic rings. The molecule has 78 valence electrons. The van der Waals surface area contributed by atoms with Crippen molar-refractivity contribution in [3.05, 3.63) is 72.1 Å². The third-order valence-corrected chi connectivity index (χ3v) is 2.14. The van der Waals surface area contributed by atoms with Crippen LogP contribution in [0.5, 0.6) is 0 Å². The molecule has 1 heterocycles. The molecule has 0 saturated heterocycles. The number of allylic oxidation sites excluding steroid dienone is 1. The molecule has 0 saturated carbocycles. The molecule has 0 aliphatic heterocycles. The zero-order valence-corrected chi connectivity index (χ0v) is 8.71. The Kier molecular flexibility index (Phi) is 3.24. The summed E-state index contributed by atoms with van der Waals surface area (Å²) in [4.78, 5) is 15.7. The summed E-state index contributed by atoms with van der Waals surface area (Å²) >= 11 is 0. The van der Waals surface area contributed by atoms with Crippen molar-refractivity contribution in [3.63, 3.8) is 0 Å². The van der Waals surface area contributed by atoms with Gasteiger partial charge in [-0.25, -0.2) is 0 Å². The van der Waals surface area contributed by atoms with Gasteiger partial charge in [0.1, 0.15) is 5.69 Å². The van der Waals surface area contributed by atoms with E-state index in [2.05, 4.69) is 4.98 Å². The van der Waals surface area contributed by atoms with E-state index in [-0.39, 0.29) is 5.78 Å². The van der Waals surface area contributed by atoms with Crippen LogP contribution in [0.2, 0.25) is 0 Å². The van der Waals surface area contributed by atoms with Gasteiger partial charge in [0.2, 0.25) is 5.78 Å². The summed E-state index contributed by atoms with van der Waals surface area (Å²) in [5.74, 6) is -0.0792. The molecule has 2 nitrogen and oxygen atoms in total. The van der Waals surface area contributed by atoms with Gasteiger partial charge in [-0.3, -0.25) is 9.78 Å². The molecule has 2 rings (SSSR count). The Bertz CT molecular complexity index is 489. The number of benzene rings is 1. The Morgan fingerprint density at radius 3 is 2.44 bits per heavy atom. The second-order valence-corrected chi connectivity index (χ2v) is 3.32. The smallest absolute Gasteiger partial charge is 0.204 e. The molecule has 1 aromatic heterocycles. The first-order valence-electron chi connectivity index (χ1n) is 5.05. The second-order valence-electron chi connectivity index (χ2n) is 3.32.